The van der Waals surface area contributed by atoms with Crippen LogP contribution in [0.2, 0.25) is 0 Å². The van der Waals surface area contributed by atoms with Crippen LogP contribution >= 0.6 is 0 Å². The largest absolute Gasteiger partial charge is 0.573 e. The summed E-state index contributed by atoms with van der Waals surface area (Å²) in [6.45, 7) is 1.77. The molecule has 0 aliphatic heterocycles. The van der Waals surface area contributed by atoms with Crippen molar-refractivity contribution in [2.75, 3.05) is 18.4 Å². The Bertz CT molecular complexity index is 1240. The van der Waals surface area contributed by atoms with Gasteiger partial charge in [-0.25, -0.2) is 13.2 Å². The molecule has 1 heterocycles. The van der Waals surface area contributed by atoms with E-state index in [9.17, 15) is 26.4 Å². The Labute approximate surface area is 186 Å². The van der Waals surface area contributed by atoms with Gasteiger partial charge < -0.3 is 18.7 Å². The number of benzene rings is 2. The monoisotopic (exact) mass is 486 g/mol. The molecule has 176 valence electrons. The van der Waals surface area contributed by atoms with Crippen LogP contribution in [-0.4, -0.2) is 39.6 Å². The van der Waals surface area contributed by atoms with E-state index in [1.165, 1.54) is 31.4 Å². The second kappa shape index (κ2) is 9.40. The Morgan fingerprint density at radius 1 is 1.12 bits per heavy atom. The fourth-order valence-electron chi connectivity index (χ4n) is 2.69. The van der Waals surface area contributed by atoms with E-state index in [2.05, 4.69) is 14.6 Å². The minimum Gasteiger partial charge on any atom is -0.495 e. The van der Waals surface area contributed by atoms with Gasteiger partial charge in [0.2, 0.25) is 0 Å². The number of esters is 1. The summed E-state index contributed by atoms with van der Waals surface area (Å²) in [7, 11) is -2.98. The number of nitrogens with zero attached hydrogens (tertiary/aromatic N) is 1. The van der Waals surface area contributed by atoms with Gasteiger partial charge in [-0.15, -0.1) is 13.2 Å². The maximum Gasteiger partial charge on any atom is 0.573 e. The quantitative estimate of drug-likeness (QED) is 0.470. The third-order valence-corrected chi connectivity index (χ3v) is 5.47. The van der Waals surface area contributed by atoms with E-state index in [0.29, 0.717) is 0 Å². The number of rotatable bonds is 8. The average molecular weight is 486 g/mol. The Kier molecular flexibility index (Phi) is 6.81. The van der Waals surface area contributed by atoms with Crippen LogP contribution in [-0.2, 0) is 14.8 Å². The molecule has 0 saturated carbocycles. The highest BCUT2D eigenvalue weighted by molar-refractivity contribution is 7.92. The number of nitrogens with one attached hydrogen (secondary N) is 1. The van der Waals surface area contributed by atoms with Gasteiger partial charge in [-0.05, 0) is 49.4 Å². The SMILES string of the molecule is CCOC(=O)c1cc(-c2ccc(OC)c(S(=O)(=O)Nc3ccc(OC(F)(F)F)cc3)c2)on1. The summed E-state index contributed by atoms with van der Waals surface area (Å²) < 4.78 is 83.9. The summed E-state index contributed by atoms with van der Waals surface area (Å²) in [5, 5.41) is 3.61. The van der Waals surface area contributed by atoms with Gasteiger partial charge in [0.1, 0.15) is 16.4 Å². The number of alkyl halides is 3. The molecule has 1 aromatic heterocycles. The molecule has 0 amide bonds. The third kappa shape index (κ3) is 5.94. The topological polar surface area (TPSA) is 117 Å². The smallest absolute Gasteiger partial charge is 0.495 e. The van der Waals surface area contributed by atoms with Crippen LogP contribution in [0.1, 0.15) is 17.4 Å². The van der Waals surface area contributed by atoms with Gasteiger partial charge in [-0.3, -0.25) is 4.72 Å². The number of hydrogen-bond donors (Lipinski definition) is 1. The summed E-state index contributed by atoms with van der Waals surface area (Å²) in [5.74, 6) is -1.11. The minimum atomic E-state index is -4.87. The molecule has 3 aromatic rings. The van der Waals surface area contributed by atoms with Gasteiger partial charge in [-0.1, -0.05) is 5.16 Å². The fourth-order valence-corrected chi connectivity index (χ4v) is 3.94. The standard InChI is InChI=1S/C20H17F3N2O7S/c1-3-30-19(26)15-11-17(32-24-15)12-4-9-16(29-2)18(10-12)33(27,28)25-13-5-7-14(8-6-13)31-20(21,22)23/h4-11,25H,3H2,1-2H3. The van der Waals surface area contributed by atoms with Gasteiger partial charge in [-0.2, -0.15) is 0 Å². The molecule has 3 rings (SSSR count). The highest BCUT2D eigenvalue weighted by Crippen LogP contribution is 2.32. The van der Waals surface area contributed by atoms with Gasteiger partial charge in [0.05, 0.1) is 13.7 Å². The molecule has 0 spiro atoms. The van der Waals surface area contributed by atoms with Crippen LogP contribution in [0.4, 0.5) is 18.9 Å². The molecule has 0 radical (unpaired) electrons. The Hall–Kier alpha value is -3.74. The summed E-state index contributed by atoms with van der Waals surface area (Å²) >= 11 is 0. The molecule has 13 heteroatoms. The Balaban J connectivity index is 1.89. The van der Waals surface area contributed by atoms with E-state index < -0.39 is 28.1 Å². The molecule has 0 aliphatic rings. The fraction of sp³-hybridized carbons (Fsp3) is 0.200. The maximum atomic E-state index is 13.0. The molecule has 0 bridgehead atoms. The molecule has 0 saturated heterocycles. The van der Waals surface area contributed by atoms with E-state index >= 15 is 0 Å². The number of aromatic nitrogens is 1. The average Bonchev–Trinajstić information content (AvgIpc) is 3.24. The lowest BCUT2D eigenvalue weighted by Gasteiger charge is -2.13. The molecule has 0 unspecified atom stereocenters. The zero-order chi connectivity index (χ0) is 24.2. The molecule has 0 aliphatic carbocycles. The number of ether oxygens (including phenoxy) is 3. The molecular weight excluding hydrogens is 469 g/mol. The zero-order valence-electron chi connectivity index (χ0n) is 17.2. The first-order valence-corrected chi connectivity index (χ1v) is 10.7. The highest BCUT2D eigenvalue weighted by atomic mass is 32.2. The maximum absolute atomic E-state index is 13.0. The number of hydrogen-bond acceptors (Lipinski definition) is 8. The van der Waals surface area contributed by atoms with Crippen molar-refractivity contribution in [2.45, 2.75) is 18.2 Å². The van der Waals surface area contributed by atoms with Crippen LogP contribution in [0, 0.1) is 0 Å². The van der Waals surface area contributed by atoms with Crippen LogP contribution in [0.5, 0.6) is 11.5 Å². The number of halogens is 3. The first-order valence-electron chi connectivity index (χ1n) is 9.23. The predicted octanol–water partition coefficient (Wildman–Crippen LogP) is 4.23. The Morgan fingerprint density at radius 2 is 1.82 bits per heavy atom. The number of carbonyl (C=O) groups excluding carboxylic acids is 1. The van der Waals surface area contributed by atoms with Crippen molar-refractivity contribution in [3.8, 4) is 22.8 Å². The summed E-state index contributed by atoms with van der Waals surface area (Å²) in [6.07, 6.45) is -4.87. The van der Waals surface area contributed by atoms with Crippen molar-refractivity contribution in [3.63, 3.8) is 0 Å². The van der Waals surface area contributed by atoms with E-state index in [1.807, 2.05) is 0 Å². The van der Waals surface area contributed by atoms with Gasteiger partial charge in [0.15, 0.2) is 11.5 Å². The second-order valence-corrected chi connectivity index (χ2v) is 7.99. The number of carbonyl (C=O) groups is 1. The molecule has 1 N–H and O–H groups in total. The van der Waals surface area contributed by atoms with Crippen molar-refractivity contribution in [1.82, 2.24) is 5.16 Å². The molecule has 33 heavy (non-hydrogen) atoms. The summed E-state index contributed by atoms with van der Waals surface area (Å²) in [5.41, 5.74) is 0.167. The molecule has 0 atom stereocenters. The third-order valence-electron chi connectivity index (χ3n) is 4.07. The van der Waals surface area contributed by atoms with Crippen LogP contribution in [0.25, 0.3) is 11.3 Å². The Morgan fingerprint density at radius 3 is 2.42 bits per heavy atom. The minimum absolute atomic E-state index is 0.00611. The number of methoxy groups -OCH3 is 1. The van der Waals surface area contributed by atoms with Crippen molar-refractivity contribution >= 4 is 21.7 Å². The normalized spacial score (nSPS) is 11.7. The van der Waals surface area contributed by atoms with Crippen molar-refractivity contribution in [2.24, 2.45) is 0 Å². The highest BCUT2D eigenvalue weighted by Gasteiger charge is 2.31. The van der Waals surface area contributed by atoms with E-state index in [-0.39, 0.29) is 40.0 Å². The van der Waals surface area contributed by atoms with Gasteiger partial charge >= 0.3 is 12.3 Å². The van der Waals surface area contributed by atoms with Crippen molar-refractivity contribution in [3.05, 3.63) is 54.2 Å². The van der Waals surface area contributed by atoms with Crippen molar-refractivity contribution in [1.29, 1.82) is 0 Å². The van der Waals surface area contributed by atoms with E-state index in [1.54, 1.807) is 6.92 Å². The van der Waals surface area contributed by atoms with E-state index in [0.717, 1.165) is 24.3 Å². The second-order valence-electron chi connectivity index (χ2n) is 6.34. The van der Waals surface area contributed by atoms with Crippen molar-refractivity contribution < 1.29 is 45.1 Å². The van der Waals surface area contributed by atoms with Gasteiger partial charge in [0.25, 0.3) is 10.0 Å². The lowest BCUT2D eigenvalue weighted by Crippen LogP contribution is -2.17. The number of anilines is 1. The van der Waals surface area contributed by atoms with Crippen LogP contribution in [0.15, 0.2) is 57.9 Å². The van der Waals surface area contributed by atoms with Crippen LogP contribution < -0.4 is 14.2 Å². The predicted molar refractivity (Wildman–Crippen MR) is 108 cm³/mol. The first-order chi connectivity index (χ1) is 15.5. The zero-order valence-corrected chi connectivity index (χ0v) is 18.0. The van der Waals surface area contributed by atoms with Gasteiger partial charge in [0, 0.05) is 17.3 Å². The molecular formula is C20H17F3N2O7S. The van der Waals surface area contributed by atoms with Crippen LogP contribution in [0.3, 0.4) is 0 Å². The number of sulfonamides is 1. The van der Waals surface area contributed by atoms with E-state index in [4.69, 9.17) is 14.0 Å². The first kappa shape index (κ1) is 23.9. The summed E-state index contributed by atoms with van der Waals surface area (Å²) in [4.78, 5) is 11.5. The molecule has 0 fully saturated rings. The lowest BCUT2D eigenvalue weighted by molar-refractivity contribution is -0.274. The lowest BCUT2D eigenvalue weighted by atomic mass is 10.1. The summed E-state index contributed by atoms with van der Waals surface area (Å²) in [6, 6.07) is 9.54. The molecule has 9 nitrogen and oxygen atoms in total. The molecule has 2 aromatic carbocycles.